The van der Waals surface area contributed by atoms with Gasteiger partial charge in [0.25, 0.3) is 0 Å². The SMILES string of the molecule is CCN(CC)CC(C)NS(=O)(=O)c1ccc(C#N)s1. The minimum atomic E-state index is -3.52. The van der Waals surface area contributed by atoms with E-state index in [0.29, 0.717) is 11.4 Å². The molecular formula is C12H19N3O2S2. The van der Waals surface area contributed by atoms with Gasteiger partial charge in [0, 0.05) is 12.6 Å². The van der Waals surface area contributed by atoms with Crippen LogP contribution in [0.25, 0.3) is 0 Å². The van der Waals surface area contributed by atoms with Gasteiger partial charge in [0.2, 0.25) is 10.0 Å². The van der Waals surface area contributed by atoms with Gasteiger partial charge in [0.15, 0.2) is 0 Å². The lowest BCUT2D eigenvalue weighted by atomic mass is 10.3. The normalized spacial score (nSPS) is 13.4. The summed E-state index contributed by atoms with van der Waals surface area (Å²) in [6.45, 7) is 8.38. The molecule has 0 spiro atoms. The summed E-state index contributed by atoms with van der Waals surface area (Å²) in [6.07, 6.45) is 0. The predicted octanol–water partition coefficient (Wildman–Crippen LogP) is 1.63. The first-order valence-corrected chi connectivity index (χ1v) is 8.47. The molecule has 1 aromatic rings. The number of rotatable bonds is 7. The Labute approximate surface area is 118 Å². The van der Waals surface area contributed by atoms with Crippen molar-refractivity contribution in [3.63, 3.8) is 0 Å². The summed E-state index contributed by atoms with van der Waals surface area (Å²) in [5.41, 5.74) is 0. The average Bonchev–Trinajstić information content (AvgIpc) is 2.84. The summed E-state index contributed by atoms with van der Waals surface area (Å²) < 4.78 is 27.0. The molecule has 0 aliphatic heterocycles. The van der Waals surface area contributed by atoms with Crippen molar-refractivity contribution < 1.29 is 8.42 Å². The van der Waals surface area contributed by atoms with E-state index in [2.05, 4.69) is 9.62 Å². The van der Waals surface area contributed by atoms with Crippen molar-refractivity contribution in [1.82, 2.24) is 9.62 Å². The van der Waals surface area contributed by atoms with Crippen molar-refractivity contribution in [2.75, 3.05) is 19.6 Å². The van der Waals surface area contributed by atoms with Crippen molar-refractivity contribution in [3.05, 3.63) is 17.0 Å². The molecule has 0 fully saturated rings. The Morgan fingerprint density at radius 1 is 1.42 bits per heavy atom. The van der Waals surface area contributed by atoms with Gasteiger partial charge in [-0.25, -0.2) is 13.1 Å². The number of likely N-dealkylation sites (N-methyl/N-ethyl adjacent to an activating group) is 1. The molecule has 106 valence electrons. The largest absolute Gasteiger partial charge is 0.302 e. The van der Waals surface area contributed by atoms with E-state index in [4.69, 9.17) is 5.26 Å². The van der Waals surface area contributed by atoms with E-state index >= 15 is 0 Å². The fourth-order valence-corrected chi connectivity index (χ4v) is 4.11. The van der Waals surface area contributed by atoms with Crippen LogP contribution in [-0.2, 0) is 10.0 Å². The Morgan fingerprint density at radius 2 is 2.05 bits per heavy atom. The fourth-order valence-electron chi connectivity index (χ4n) is 1.75. The third-order valence-corrected chi connectivity index (χ3v) is 5.81. The summed E-state index contributed by atoms with van der Waals surface area (Å²) in [5, 5.41) is 8.72. The molecule has 0 saturated carbocycles. The Bertz CT molecular complexity index is 542. The highest BCUT2D eigenvalue weighted by atomic mass is 32.2. The molecule has 5 nitrogen and oxygen atoms in total. The third-order valence-electron chi connectivity index (χ3n) is 2.74. The standard InChI is InChI=1S/C12H19N3O2S2/c1-4-15(5-2)9-10(3)14-19(16,17)12-7-6-11(8-13)18-12/h6-7,10,14H,4-5,9H2,1-3H3. The maximum atomic E-state index is 12.1. The topological polar surface area (TPSA) is 73.2 Å². The first-order chi connectivity index (χ1) is 8.92. The van der Waals surface area contributed by atoms with E-state index in [1.54, 1.807) is 0 Å². The molecule has 1 rings (SSSR count). The first-order valence-electron chi connectivity index (χ1n) is 6.17. The molecule has 0 bridgehead atoms. The zero-order valence-corrected chi connectivity index (χ0v) is 13.0. The predicted molar refractivity (Wildman–Crippen MR) is 76.6 cm³/mol. The quantitative estimate of drug-likeness (QED) is 0.830. The van der Waals surface area contributed by atoms with E-state index in [1.165, 1.54) is 12.1 Å². The van der Waals surface area contributed by atoms with Crippen LogP contribution in [0.5, 0.6) is 0 Å². The molecule has 1 heterocycles. The number of nitriles is 1. The van der Waals surface area contributed by atoms with Crippen LogP contribution in [0.1, 0.15) is 25.6 Å². The van der Waals surface area contributed by atoms with Gasteiger partial charge in [0.05, 0.1) is 0 Å². The van der Waals surface area contributed by atoms with Crippen LogP contribution in [0.2, 0.25) is 0 Å². The second kappa shape index (κ2) is 7.01. The van der Waals surface area contributed by atoms with Crippen molar-refractivity contribution in [2.45, 2.75) is 31.0 Å². The molecule has 1 N–H and O–H groups in total. The zero-order valence-electron chi connectivity index (χ0n) is 11.4. The minimum Gasteiger partial charge on any atom is -0.302 e. The lowest BCUT2D eigenvalue weighted by Gasteiger charge is -2.23. The van der Waals surface area contributed by atoms with Crippen LogP contribution < -0.4 is 4.72 Å². The third kappa shape index (κ3) is 4.58. The number of sulfonamides is 1. The first kappa shape index (κ1) is 16.1. The minimum absolute atomic E-state index is 0.169. The van der Waals surface area contributed by atoms with Gasteiger partial charge in [-0.2, -0.15) is 5.26 Å². The number of thiophene rings is 1. The molecule has 0 saturated heterocycles. The molecule has 0 amide bonds. The highest BCUT2D eigenvalue weighted by Crippen LogP contribution is 2.20. The maximum absolute atomic E-state index is 12.1. The summed E-state index contributed by atoms with van der Waals surface area (Å²) >= 11 is 0.987. The molecule has 7 heteroatoms. The fraction of sp³-hybridized carbons (Fsp3) is 0.583. The second-order valence-electron chi connectivity index (χ2n) is 4.24. The van der Waals surface area contributed by atoms with Crippen LogP contribution in [0, 0.1) is 11.3 Å². The Balaban J connectivity index is 2.72. The number of nitrogens with one attached hydrogen (secondary N) is 1. The van der Waals surface area contributed by atoms with E-state index in [9.17, 15) is 8.42 Å². The highest BCUT2D eigenvalue weighted by molar-refractivity contribution is 7.91. The summed E-state index contributed by atoms with van der Waals surface area (Å²) in [5.74, 6) is 0. The van der Waals surface area contributed by atoms with Crippen molar-refractivity contribution in [1.29, 1.82) is 5.26 Å². The van der Waals surface area contributed by atoms with Crippen molar-refractivity contribution in [3.8, 4) is 6.07 Å². The Hall–Kier alpha value is -0.940. The molecule has 1 aromatic heterocycles. The Morgan fingerprint density at radius 3 is 2.53 bits per heavy atom. The van der Waals surface area contributed by atoms with Crippen molar-refractivity contribution in [2.24, 2.45) is 0 Å². The number of hydrogen-bond acceptors (Lipinski definition) is 5. The molecular weight excluding hydrogens is 282 g/mol. The van der Waals surface area contributed by atoms with Gasteiger partial charge >= 0.3 is 0 Å². The van der Waals surface area contributed by atoms with Gasteiger partial charge in [-0.15, -0.1) is 11.3 Å². The average molecular weight is 301 g/mol. The molecule has 0 aliphatic carbocycles. The van der Waals surface area contributed by atoms with Crippen molar-refractivity contribution >= 4 is 21.4 Å². The van der Waals surface area contributed by atoms with Gasteiger partial charge < -0.3 is 4.90 Å². The molecule has 1 unspecified atom stereocenters. The lowest BCUT2D eigenvalue weighted by Crippen LogP contribution is -2.41. The monoisotopic (exact) mass is 301 g/mol. The number of nitrogens with zero attached hydrogens (tertiary/aromatic N) is 2. The lowest BCUT2D eigenvalue weighted by molar-refractivity contribution is 0.282. The molecule has 0 radical (unpaired) electrons. The van der Waals surface area contributed by atoms with Crippen LogP contribution >= 0.6 is 11.3 Å². The molecule has 0 aliphatic rings. The van der Waals surface area contributed by atoms with Gasteiger partial charge in [-0.1, -0.05) is 13.8 Å². The van der Waals surface area contributed by atoms with Crippen LogP contribution in [0.15, 0.2) is 16.3 Å². The van der Waals surface area contributed by atoms with Crippen LogP contribution in [-0.4, -0.2) is 39.0 Å². The van der Waals surface area contributed by atoms with E-state index < -0.39 is 10.0 Å². The maximum Gasteiger partial charge on any atom is 0.250 e. The molecule has 1 atom stereocenters. The zero-order chi connectivity index (χ0) is 14.5. The van der Waals surface area contributed by atoms with Gasteiger partial charge in [-0.05, 0) is 32.1 Å². The summed E-state index contributed by atoms with van der Waals surface area (Å²) in [7, 11) is -3.52. The second-order valence-corrected chi connectivity index (χ2v) is 7.26. The number of hydrogen-bond donors (Lipinski definition) is 1. The Kier molecular flexibility index (Phi) is 5.94. The summed E-state index contributed by atoms with van der Waals surface area (Å²) in [4.78, 5) is 2.55. The summed E-state index contributed by atoms with van der Waals surface area (Å²) in [6, 6.07) is 4.76. The van der Waals surface area contributed by atoms with Crippen LogP contribution in [0.3, 0.4) is 0 Å². The van der Waals surface area contributed by atoms with E-state index in [0.717, 1.165) is 24.4 Å². The van der Waals surface area contributed by atoms with E-state index in [-0.39, 0.29) is 10.3 Å². The smallest absolute Gasteiger partial charge is 0.250 e. The van der Waals surface area contributed by atoms with E-state index in [1.807, 2.05) is 26.8 Å². The molecule has 19 heavy (non-hydrogen) atoms. The van der Waals surface area contributed by atoms with Gasteiger partial charge in [0.1, 0.15) is 15.2 Å². The molecule has 0 aromatic carbocycles. The van der Waals surface area contributed by atoms with Crippen LogP contribution in [0.4, 0.5) is 0 Å². The van der Waals surface area contributed by atoms with Gasteiger partial charge in [-0.3, -0.25) is 0 Å². The highest BCUT2D eigenvalue weighted by Gasteiger charge is 2.20.